The molecular weight excluding hydrogens is 330 g/mol. The Labute approximate surface area is 156 Å². The molecule has 2 amide bonds. The Morgan fingerprint density at radius 3 is 2.62 bits per heavy atom. The van der Waals surface area contributed by atoms with Crippen LogP contribution in [-0.2, 0) is 0 Å². The van der Waals surface area contributed by atoms with Gasteiger partial charge in [0.1, 0.15) is 6.33 Å². The first-order valence-corrected chi connectivity index (χ1v) is 9.96. The van der Waals surface area contributed by atoms with Crippen molar-refractivity contribution in [2.24, 2.45) is 0 Å². The maximum atomic E-state index is 12.0. The molecule has 0 unspecified atom stereocenters. The van der Waals surface area contributed by atoms with Crippen molar-refractivity contribution in [2.75, 3.05) is 45.6 Å². The molecule has 8 nitrogen and oxygen atoms in total. The quantitative estimate of drug-likeness (QED) is 0.807. The molecule has 2 aliphatic rings. The summed E-state index contributed by atoms with van der Waals surface area (Å²) < 4.78 is 1.91. The van der Waals surface area contributed by atoms with E-state index in [1.54, 1.807) is 6.33 Å². The zero-order valence-electron chi connectivity index (χ0n) is 16.2. The van der Waals surface area contributed by atoms with Gasteiger partial charge in [0.15, 0.2) is 0 Å². The molecule has 26 heavy (non-hydrogen) atoms. The van der Waals surface area contributed by atoms with Gasteiger partial charge in [-0.05, 0) is 52.9 Å². The molecule has 1 aromatic heterocycles. The molecule has 1 saturated heterocycles. The highest BCUT2D eigenvalue weighted by Crippen LogP contribution is 2.27. The van der Waals surface area contributed by atoms with Crippen LogP contribution in [-0.4, -0.2) is 76.9 Å². The van der Waals surface area contributed by atoms with Crippen molar-refractivity contribution in [3.63, 3.8) is 0 Å². The van der Waals surface area contributed by atoms with Gasteiger partial charge >= 0.3 is 6.03 Å². The van der Waals surface area contributed by atoms with Crippen molar-refractivity contribution < 1.29 is 4.79 Å². The summed E-state index contributed by atoms with van der Waals surface area (Å²) in [4.78, 5) is 21.0. The SMILES string of the molecule is CN(C)C1CCN(CCNC(=O)Nc2ncn(C3CCCCC3)n2)CC1. The van der Waals surface area contributed by atoms with Crippen LogP contribution in [0.5, 0.6) is 0 Å². The Balaban J connectivity index is 1.34. The molecule has 1 aromatic rings. The standard InChI is InChI=1S/C18H33N7O/c1-23(2)15-8-11-24(12-9-15)13-10-19-18(26)21-17-20-14-25(22-17)16-6-4-3-5-7-16/h14-16H,3-13H2,1-2H3,(H2,19,21,22,26). The normalized spacial score (nSPS) is 20.4. The first-order valence-electron chi connectivity index (χ1n) is 9.96. The van der Waals surface area contributed by atoms with E-state index < -0.39 is 0 Å². The summed E-state index contributed by atoms with van der Waals surface area (Å²) in [6, 6.07) is 0.891. The Hall–Kier alpha value is -1.67. The first-order chi connectivity index (χ1) is 12.6. The van der Waals surface area contributed by atoms with Gasteiger partial charge < -0.3 is 15.1 Å². The van der Waals surface area contributed by atoms with Gasteiger partial charge in [0.25, 0.3) is 0 Å². The average Bonchev–Trinajstić information content (AvgIpc) is 3.11. The van der Waals surface area contributed by atoms with Gasteiger partial charge in [-0.2, -0.15) is 0 Å². The largest absolute Gasteiger partial charge is 0.337 e. The van der Waals surface area contributed by atoms with E-state index in [4.69, 9.17) is 0 Å². The zero-order valence-corrected chi connectivity index (χ0v) is 16.2. The summed E-state index contributed by atoms with van der Waals surface area (Å²) in [5, 5.41) is 10.1. The van der Waals surface area contributed by atoms with Crippen LogP contribution in [0.1, 0.15) is 51.0 Å². The summed E-state index contributed by atoms with van der Waals surface area (Å²) in [5.74, 6) is 0.389. The van der Waals surface area contributed by atoms with Crippen LogP contribution in [0.2, 0.25) is 0 Å². The second-order valence-electron chi connectivity index (χ2n) is 7.76. The number of nitrogens with one attached hydrogen (secondary N) is 2. The first kappa shape index (κ1) is 19.1. The van der Waals surface area contributed by atoms with Crippen LogP contribution < -0.4 is 10.6 Å². The fourth-order valence-corrected chi connectivity index (χ4v) is 3.99. The summed E-state index contributed by atoms with van der Waals surface area (Å²) in [6.07, 6.45) is 10.2. The monoisotopic (exact) mass is 363 g/mol. The number of carbonyl (C=O) groups is 1. The number of nitrogens with zero attached hydrogens (tertiary/aromatic N) is 5. The van der Waals surface area contributed by atoms with Crippen molar-refractivity contribution in [1.29, 1.82) is 0 Å². The van der Waals surface area contributed by atoms with Crippen molar-refractivity contribution in [3.8, 4) is 0 Å². The topological polar surface area (TPSA) is 78.3 Å². The van der Waals surface area contributed by atoms with Gasteiger partial charge in [0.05, 0.1) is 6.04 Å². The molecule has 0 radical (unpaired) electrons. The lowest BCUT2D eigenvalue weighted by Gasteiger charge is -2.35. The number of aromatic nitrogens is 3. The van der Waals surface area contributed by atoms with Gasteiger partial charge in [-0.1, -0.05) is 19.3 Å². The highest BCUT2D eigenvalue weighted by atomic mass is 16.2. The fraction of sp³-hybridized carbons (Fsp3) is 0.833. The van der Waals surface area contributed by atoms with Crippen LogP contribution in [0.15, 0.2) is 6.33 Å². The summed E-state index contributed by atoms with van der Waals surface area (Å²) >= 11 is 0. The number of anilines is 1. The molecular formula is C18H33N7O. The maximum Gasteiger partial charge on any atom is 0.321 e. The lowest BCUT2D eigenvalue weighted by molar-refractivity contribution is 0.146. The van der Waals surface area contributed by atoms with E-state index in [2.05, 4.69) is 44.6 Å². The summed E-state index contributed by atoms with van der Waals surface area (Å²) in [7, 11) is 4.30. The van der Waals surface area contributed by atoms with Crippen LogP contribution in [0.3, 0.4) is 0 Å². The van der Waals surface area contributed by atoms with Gasteiger partial charge in [-0.15, -0.1) is 5.10 Å². The van der Waals surface area contributed by atoms with E-state index >= 15 is 0 Å². The number of piperidine rings is 1. The molecule has 1 aliphatic heterocycles. The Morgan fingerprint density at radius 1 is 1.19 bits per heavy atom. The Morgan fingerprint density at radius 2 is 1.92 bits per heavy atom. The molecule has 1 aliphatic carbocycles. The second kappa shape index (κ2) is 9.32. The highest BCUT2D eigenvalue weighted by molar-refractivity contribution is 5.87. The molecule has 146 valence electrons. The van der Waals surface area contributed by atoms with Crippen LogP contribution in [0, 0.1) is 0 Å². The minimum Gasteiger partial charge on any atom is -0.337 e. The van der Waals surface area contributed by atoms with Crippen LogP contribution in [0.25, 0.3) is 0 Å². The summed E-state index contributed by atoms with van der Waals surface area (Å²) in [5.41, 5.74) is 0. The van der Waals surface area contributed by atoms with Crippen molar-refractivity contribution in [1.82, 2.24) is 29.9 Å². The molecule has 0 aromatic carbocycles. The van der Waals surface area contributed by atoms with Crippen molar-refractivity contribution in [2.45, 2.75) is 57.0 Å². The zero-order chi connectivity index (χ0) is 18.4. The third kappa shape index (κ3) is 5.41. The van der Waals surface area contributed by atoms with Crippen LogP contribution in [0.4, 0.5) is 10.7 Å². The number of hydrogen-bond acceptors (Lipinski definition) is 5. The molecule has 0 atom stereocenters. The number of rotatable bonds is 6. The Kier molecular flexibility index (Phi) is 6.85. The summed E-state index contributed by atoms with van der Waals surface area (Å²) in [6.45, 7) is 3.72. The van der Waals surface area contributed by atoms with Crippen LogP contribution >= 0.6 is 0 Å². The molecule has 3 rings (SSSR count). The average molecular weight is 364 g/mol. The molecule has 0 spiro atoms. The van der Waals surface area contributed by atoms with E-state index in [9.17, 15) is 4.79 Å². The minimum atomic E-state index is -0.227. The minimum absolute atomic E-state index is 0.227. The number of carbonyl (C=O) groups excluding carboxylic acids is 1. The predicted octanol–water partition coefficient (Wildman–Crippen LogP) is 1.93. The van der Waals surface area contributed by atoms with E-state index in [1.165, 1.54) is 32.1 Å². The molecule has 1 saturated carbocycles. The second-order valence-corrected chi connectivity index (χ2v) is 7.76. The van der Waals surface area contributed by atoms with Crippen molar-refractivity contribution in [3.05, 3.63) is 6.33 Å². The Bertz CT molecular complexity index is 560. The maximum absolute atomic E-state index is 12.0. The molecule has 2 fully saturated rings. The fourth-order valence-electron chi connectivity index (χ4n) is 3.99. The number of likely N-dealkylation sites (tertiary alicyclic amines) is 1. The van der Waals surface area contributed by atoms with E-state index in [-0.39, 0.29) is 6.03 Å². The van der Waals surface area contributed by atoms with Gasteiger partial charge in [0, 0.05) is 19.1 Å². The third-order valence-corrected chi connectivity index (χ3v) is 5.68. The van der Waals surface area contributed by atoms with Gasteiger partial charge in [-0.3, -0.25) is 5.32 Å². The van der Waals surface area contributed by atoms with E-state index in [0.29, 0.717) is 24.6 Å². The number of urea groups is 1. The smallest absolute Gasteiger partial charge is 0.321 e. The van der Waals surface area contributed by atoms with Crippen molar-refractivity contribution >= 4 is 12.0 Å². The number of hydrogen-bond donors (Lipinski definition) is 2. The third-order valence-electron chi connectivity index (χ3n) is 5.68. The number of amides is 2. The molecule has 0 bridgehead atoms. The molecule has 2 N–H and O–H groups in total. The van der Waals surface area contributed by atoms with Gasteiger partial charge in [0.2, 0.25) is 5.95 Å². The lowest BCUT2D eigenvalue weighted by atomic mass is 9.96. The van der Waals surface area contributed by atoms with E-state index in [0.717, 1.165) is 32.5 Å². The lowest BCUT2D eigenvalue weighted by Crippen LogP contribution is -2.44. The van der Waals surface area contributed by atoms with Gasteiger partial charge in [-0.25, -0.2) is 14.5 Å². The predicted molar refractivity (Wildman–Crippen MR) is 102 cm³/mol. The highest BCUT2D eigenvalue weighted by Gasteiger charge is 2.20. The molecule has 2 heterocycles. The molecule has 8 heteroatoms. The van der Waals surface area contributed by atoms with E-state index in [1.807, 2.05) is 4.68 Å².